The Balaban J connectivity index is 0.000000917. The first-order valence-corrected chi connectivity index (χ1v) is 13.9. The number of pyridine rings is 2. The van der Waals surface area contributed by atoms with Crippen molar-refractivity contribution in [2.45, 2.75) is 13.8 Å². The van der Waals surface area contributed by atoms with Crippen molar-refractivity contribution >= 4 is 64.8 Å². The van der Waals surface area contributed by atoms with Crippen LogP contribution < -0.4 is 0 Å². The van der Waals surface area contributed by atoms with Crippen molar-refractivity contribution in [3.63, 3.8) is 0 Å². The fourth-order valence-corrected chi connectivity index (χ4v) is 4.07. The van der Waals surface area contributed by atoms with Crippen molar-refractivity contribution < 1.29 is 13.1 Å². The molecule has 0 fully saturated rings. The summed E-state index contributed by atoms with van der Waals surface area (Å²) in [6.45, 7) is 4.06. The van der Waals surface area contributed by atoms with Crippen LogP contribution >= 0.6 is 20.2 Å². The number of nitrogens with zero attached hydrogens (tertiary/aromatic N) is 5. The third-order valence-corrected chi connectivity index (χ3v) is 5.66. The van der Waals surface area contributed by atoms with E-state index in [0.29, 0.717) is 0 Å². The van der Waals surface area contributed by atoms with Gasteiger partial charge in [0.05, 0.1) is 45.2 Å². The quantitative estimate of drug-likeness (QED) is 0.171. The summed E-state index contributed by atoms with van der Waals surface area (Å²) in [5.41, 5.74) is 7.49. The van der Waals surface area contributed by atoms with Crippen LogP contribution in [0.2, 0.25) is 0 Å². The molecule has 0 saturated carbocycles. The maximum atomic E-state index is 4.90. The van der Waals surface area contributed by atoms with Crippen LogP contribution in [0, 0.1) is 0 Å². The van der Waals surface area contributed by atoms with Gasteiger partial charge >= 0.3 is 33.3 Å². The minimum absolute atomic E-state index is 0.194. The van der Waals surface area contributed by atoms with Crippen LogP contribution in [0.15, 0.2) is 95.2 Å². The van der Waals surface area contributed by atoms with Gasteiger partial charge in [-0.2, -0.15) is 0 Å². The average molecular weight is 544 g/mol. The molecule has 0 unspecified atom stereocenters. The van der Waals surface area contributed by atoms with Crippen LogP contribution in [0.5, 0.6) is 0 Å². The average Bonchev–Trinajstić information content (AvgIpc) is 3.26. The summed E-state index contributed by atoms with van der Waals surface area (Å²) in [4.78, 5) is 18.8. The van der Waals surface area contributed by atoms with E-state index < -0.39 is 0 Å². The topological polar surface area (TPSA) is 55.4 Å². The molecule has 178 valence electrons. The number of aliphatic imine (C=N–C) groups is 2. The molecule has 5 aromatic rings. The Bertz CT molecular complexity index is 1420. The standard InChI is InChI=1S/C27H23N5.2ClH.Fe/c1-18(30-22-12-4-8-20-10-6-16-28-26(20)22)24-14-15-25(32(24)3)19(2)31-23-13-5-9-21-11-7-17-29-27(21)23;;;/h4-17H,1-3H3;2*1H;/q;;;+2/p-2. The molecule has 2 aromatic carbocycles. The molecule has 0 aliphatic carbocycles. The molecule has 0 amide bonds. The number of hydrogen-bond donors (Lipinski definition) is 0. The molecular weight excluding hydrogens is 521 g/mol. The second-order valence-corrected chi connectivity index (χ2v) is 9.64. The molecule has 0 atom stereocenters. The monoisotopic (exact) mass is 543 g/mol. The summed E-state index contributed by atoms with van der Waals surface area (Å²) in [6, 6.07) is 24.3. The van der Waals surface area contributed by atoms with Gasteiger partial charge in [0.1, 0.15) is 0 Å². The van der Waals surface area contributed by atoms with Crippen molar-refractivity contribution in [3.8, 4) is 0 Å². The number of halogens is 2. The Kier molecular flexibility index (Phi) is 8.32. The van der Waals surface area contributed by atoms with E-state index in [2.05, 4.69) is 50.9 Å². The number of benzene rings is 2. The van der Waals surface area contributed by atoms with E-state index in [1.165, 1.54) is 0 Å². The fraction of sp³-hybridized carbons (Fsp3) is 0.111. The van der Waals surface area contributed by atoms with Gasteiger partial charge in [0.2, 0.25) is 0 Å². The van der Waals surface area contributed by atoms with E-state index in [4.69, 9.17) is 30.2 Å². The molecule has 3 heterocycles. The predicted octanol–water partition coefficient (Wildman–Crippen LogP) is 7.78. The van der Waals surface area contributed by atoms with Crippen LogP contribution in [-0.2, 0) is 20.2 Å². The fourth-order valence-electron chi connectivity index (χ4n) is 4.07. The van der Waals surface area contributed by atoms with Crippen LogP contribution in [0.3, 0.4) is 0 Å². The number of aromatic nitrogens is 3. The number of fused-ring (bicyclic) bond motifs is 2. The number of rotatable bonds is 4. The molecule has 5 rings (SSSR count). The van der Waals surface area contributed by atoms with Gasteiger partial charge in [0, 0.05) is 30.2 Å². The summed E-state index contributed by atoms with van der Waals surface area (Å²) in [7, 11) is 11.6. The van der Waals surface area contributed by atoms with E-state index in [9.17, 15) is 0 Å². The third kappa shape index (κ3) is 5.63. The molecule has 0 radical (unpaired) electrons. The summed E-state index contributed by atoms with van der Waals surface area (Å²) in [5.74, 6) is 0. The predicted molar refractivity (Wildman–Crippen MR) is 144 cm³/mol. The van der Waals surface area contributed by atoms with E-state index in [1.807, 2.05) is 57.3 Å². The Labute approximate surface area is 219 Å². The molecule has 0 N–H and O–H groups in total. The first kappa shape index (κ1) is 25.1. The summed E-state index contributed by atoms with van der Waals surface area (Å²) in [5, 5.41) is 2.17. The van der Waals surface area contributed by atoms with Crippen molar-refractivity contribution in [1.82, 2.24) is 14.5 Å². The molecule has 0 bridgehead atoms. The molecular formula is C27H23Cl2FeN5. The summed E-state index contributed by atoms with van der Waals surface area (Å²) >= 11 is 0.194. The molecule has 0 saturated heterocycles. The van der Waals surface area contributed by atoms with Crippen LogP contribution in [-0.4, -0.2) is 26.0 Å². The molecule has 8 heteroatoms. The van der Waals surface area contributed by atoms with Crippen molar-refractivity contribution in [2.75, 3.05) is 0 Å². The van der Waals surface area contributed by atoms with Gasteiger partial charge in [0.25, 0.3) is 0 Å². The number of hydrogen-bond acceptors (Lipinski definition) is 4. The van der Waals surface area contributed by atoms with Crippen LogP contribution in [0.25, 0.3) is 21.8 Å². The Morgan fingerprint density at radius 3 is 1.51 bits per heavy atom. The first-order valence-electron chi connectivity index (χ1n) is 10.8. The van der Waals surface area contributed by atoms with Gasteiger partial charge in [-0.3, -0.25) is 9.97 Å². The maximum absolute atomic E-state index is 4.90. The van der Waals surface area contributed by atoms with Crippen molar-refractivity contribution in [3.05, 3.63) is 96.6 Å². The van der Waals surface area contributed by atoms with Gasteiger partial charge in [-0.25, -0.2) is 9.98 Å². The number of para-hydroxylation sites is 2. The van der Waals surface area contributed by atoms with E-state index in [-0.39, 0.29) is 13.1 Å². The second kappa shape index (κ2) is 11.6. The molecule has 3 aromatic heterocycles. The second-order valence-electron chi connectivity index (χ2n) is 7.81. The van der Waals surface area contributed by atoms with Crippen molar-refractivity contribution in [2.24, 2.45) is 17.0 Å². The molecule has 0 aliphatic rings. The molecule has 0 aliphatic heterocycles. The van der Waals surface area contributed by atoms with E-state index in [0.717, 1.165) is 56.0 Å². The first-order chi connectivity index (χ1) is 17.0. The normalized spacial score (nSPS) is 12.1. The van der Waals surface area contributed by atoms with Gasteiger partial charge in [-0.05, 0) is 50.2 Å². The zero-order valence-corrected chi connectivity index (χ0v) is 22.0. The zero-order chi connectivity index (χ0) is 24.8. The van der Waals surface area contributed by atoms with Crippen molar-refractivity contribution in [1.29, 1.82) is 0 Å². The van der Waals surface area contributed by atoms with E-state index in [1.54, 1.807) is 12.4 Å². The van der Waals surface area contributed by atoms with Crippen LogP contribution in [0.4, 0.5) is 11.4 Å². The van der Waals surface area contributed by atoms with Gasteiger partial charge in [-0.1, -0.05) is 36.4 Å². The van der Waals surface area contributed by atoms with E-state index >= 15 is 0 Å². The minimum atomic E-state index is 0.194. The molecule has 0 spiro atoms. The van der Waals surface area contributed by atoms with Gasteiger partial charge in [0.15, 0.2) is 0 Å². The molecule has 5 nitrogen and oxygen atoms in total. The van der Waals surface area contributed by atoms with Gasteiger partial charge < -0.3 is 4.57 Å². The SMILES string of the molecule is CC(=Nc1cccc2cccnc12)c1ccc(C(C)=Nc2cccc3cccnc23)n1C.[Cl][Fe][Cl]. The molecule has 35 heavy (non-hydrogen) atoms. The zero-order valence-electron chi connectivity index (χ0n) is 19.4. The summed E-state index contributed by atoms with van der Waals surface area (Å²) < 4.78 is 2.13. The summed E-state index contributed by atoms with van der Waals surface area (Å²) in [6.07, 6.45) is 3.61. The Hall–Kier alpha value is -3.02. The Morgan fingerprint density at radius 2 is 1.09 bits per heavy atom. The Morgan fingerprint density at radius 1 is 0.686 bits per heavy atom. The van der Waals surface area contributed by atoms with Gasteiger partial charge in [-0.15, -0.1) is 0 Å². The third-order valence-electron chi connectivity index (χ3n) is 5.66. The van der Waals surface area contributed by atoms with Crippen LogP contribution in [0.1, 0.15) is 25.2 Å².